The Morgan fingerprint density at radius 1 is 1.10 bits per heavy atom. The molecule has 0 heterocycles. The number of rotatable bonds is 7. The lowest BCUT2D eigenvalue weighted by molar-refractivity contribution is -0.118. The SMILES string of the molecule is COc1cccc(N(CCCC(N)=O)c2ccccc2)c1. The van der Waals surface area contributed by atoms with Gasteiger partial charge in [-0.2, -0.15) is 0 Å². The molecular formula is C17H20N2O2. The Labute approximate surface area is 125 Å². The summed E-state index contributed by atoms with van der Waals surface area (Å²) in [7, 11) is 1.65. The molecule has 2 aromatic carbocycles. The Morgan fingerprint density at radius 3 is 2.48 bits per heavy atom. The molecule has 0 fully saturated rings. The van der Waals surface area contributed by atoms with Crippen LogP contribution < -0.4 is 15.4 Å². The third-order valence-electron chi connectivity index (χ3n) is 3.24. The predicted molar refractivity (Wildman–Crippen MR) is 84.9 cm³/mol. The Kier molecular flexibility index (Phi) is 5.21. The Hall–Kier alpha value is -2.49. The van der Waals surface area contributed by atoms with Gasteiger partial charge in [0.2, 0.25) is 5.91 Å². The van der Waals surface area contributed by atoms with E-state index in [2.05, 4.69) is 4.90 Å². The van der Waals surface area contributed by atoms with Crippen molar-refractivity contribution < 1.29 is 9.53 Å². The Morgan fingerprint density at radius 2 is 1.81 bits per heavy atom. The maximum atomic E-state index is 10.9. The second-order valence-electron chi connectivity index (χ2n) is 4.76. The average Bonchev–Trinajstić information content (AvgIpc) is 2.52. The van der Waals surface area contributed by atoms with Crippen LogP contribution in [0.25, 0.3) is 0 Å². The van der Waals surface area contributed by atoms with E-state index in [4.69, 9.17) is 10.5 Å². The van der Waals surface area contributed by atoms with Crippen LogP contribution >= 0.6 is 0 Å². The minimum atomic E-state index is -0.270. The Balaban J connectivity index is 2.24. The van der Waals surface area contributed by atoms with Crippen molar-refractivity contribution in [1.29, 1.82) is 0 Å². The van der Waals surface area contributed by atoms with Gasteiger partial charge in [-0.25, -0.2) is 0 Å². The lowest BCUT2D eigenvalue weighted by Crippen LogP contribution is -2.20. The van der Waals surface area contributed by atoms with Crippen LogP contribution in [0.2, 0.25) is 0 Å². The number of hydrogen-bond acceptors (Lipinski definition) is 3. The zero-order chi connectivity index (χ0) is 15.1. The fourth-order valence-electron chi connectivity index (χ4n) is 2.20. The molecule has 21 heavy (non-hydrogen) atoms. The van der Waals surface area contributed by atoms with E-state index in [0.717, 1.165) is 23.7 Å². The number of nitrogens with zero attached hydrogens (tertiary/aromatic N) is 1. The molecule has 0 saturated carbocycles. The van der Waals surface area contributed by atoms with Crippen LogP contribution in [0.4, 0.5) is 11.4 Å². The van der Waals surface area contributed by atoms with Crippen molar-refractivity contribution in [3.05, 3.63) is 54.6 Å². The fourth-order valence-corrected chi connectivity index (χ4v) is 2.20. The molecule has 0 aliphatic heterocycles. The molecule has 0 radical (unpaired) electrons. The molecule has 2 aromatic rings. The number of primary amides is 1. The first-order valence-corrected chi connectivity index (χ1v) is 6.95. The van der Waals surface area contributed by atoms with E-state index < -0.39 is 0 Å². The molecular weight excluding hydrogens is 264 g/mol. The molecule has 4 nitrogen and oxygen atoms in total. The van der Waals surface area contributed by atoms with Gasteiger partial charge >= 0.3 is 0 Å². The first-order chi connectivity index (χ1) is 10.2. The van der Waals surface area contributed by atoms with E-state index in [1.54, 1.807) is 7.11 Å². The standard InChI is InChI=1S/C17H20N2O2/c1-21-16-10-5-9-15(13-16)19(12-6-11-17(18)20)14-7-3-2-4-8-14/h2-5,7-10,13H,6,11-12H2,1H3,(H2,18,20). The molecule has 0 saturated heterocycles. The van der Waals surface area contributed by atoms with Gasteiger partial charge in [-0.3, -0.25) is 4.79 Å². The summed E-state index contributed by atoms with van der Waals surface area (Å²) in [6.07, 6.45) is 1.09. The summed E-state index contributed by atoms with van der Waals surface area (Å²) in [5.41, 5.74) is 7.34. The lowest BCUT2D eigenvalue weighted by Gasteiger charge is -2.25. The first kappa shape index (κ1) is 14.9. The van der Waals surface area contributed by atoms with E-state index in [1.165, 1.54) is 0 Å². The highest BCUT2D eigenvalue weighted by molar-refractivity contribution is 5.74. The molecule has 0 atom stereocenters. The zero-order valence-corrected chi connectivity index (χ0v) is 12.2. The fraction of sp³-hybridized carbons (Fsp3) is 0.235. The molecule has 0 aromatic heterocycles. The van der Waals surface area contributed by atoms with Crippen molar-refractivity contribution in [3.63, 3.8) is 0 Å². The second kappa shape index (κ2) is 7.33. The van der Waals surface area contributed by atoms with E-state index >= 15 is 0 Å². The third-order valence-corrected chi connectivity index (χ3v) is 3.24. The normalized spacial score (nSPS) is 10.1. The largest absolute Gasteiger partial charge is 0.497 e. The average molecular weight is 284 g/mol. The number of amides is 1. The zero-order valence-electron chi connectivity index (χ0n) is 12.2. The summed E-state index contributed by atoms with van der Waals surface area (Å²) in [5.74, 6) is 0.539. The van der Waals surface area contributed by atoms with Crippen molar-refractivity contribution in [2.75, 3.05) is 18.6 Å². The highest BCUT2D eigenvalue weighted by atomic mass is 16.5. The number of carbonyl (C=O) groups is 1. The third kappa shape index (κ3) is 4.24. The van der Waals surface area contributed by atoms with Gasteiger partial charge in [0, 0.05) is 30.4 Å². The number of hydrogen-bond donors (Lipinski definition) is 1. The van der Waals surface area contributed by atoms with Crippen LogP contribution in [-0.4, -0.2) is 19.6 Å². The molecule has 4 heteroatoms. The molecule has 2 rings (SSSR count). The van der Waals surface area contributed by atoms with Crippen LogP contribution in [0.3, 0.4) is 0 Å². The van der Waals surface area contributed by atoms with Crippen LogP contribution in [0, 0.1) is 0 Å². The van der Waals surface area contributed by atoms with E-state index in [9.17, 15) is 4.79 Å². The maximum absolute atomic E-state index is 10.9. The van der Waals surface area contributed by atoms with Crippen LogP contribution in [0.5, 0.6) is 5.75 Å². The van der Waals surface area contributed by atoms with Crippen molar-refractivity contribution >= 4 is 17.3 Å². The molecule has 0 aliphatic carbocycles. The van der Waals surface area contributed by atoms with Crippen molar-refractivity contribution in [1.82, 2.24) is 0 Å². The van der Waals surface area contributed by atoms with Gasteiger partial charge in [0.1, 0.15) is 5.75 Å². The second-order valence-corrected chi connectivity index (χ2v) is 4.76. The van der Waals surface area contributed by atoms with Gasteiger partial charge in [0.15, 0.2) is 0 Å². The van der Waals surface area contributed by atoms with Gasteiger partial charge in [0.25, 0.3) is 0 Å². The number of ether oxygens (including phenoxy) is 1. The minimum absolute atomic E-state index is 0.270. The highest BCUT2D eigenvalue weighted by Gasteiger charge is 2.10. The highest BCUT2D eigenvalue weighted by Crippen LogP contribution is 2.28. The van der Waals surface area contributed by atoms with Crippen LogP contribution in [0.1, 0.15) is 12.8 Å². The number of nitrogens with two attached hydrogens (primary N) is 1. The number of anilines is 2. The molecule has 0 aliphatic rings. The predicted octanol–water partition coefficient (Wildman–Crippen LogP) is 3.10. The summed E-state index contributed by atoms with van der Waals surface area (Å²) in [4.78, 5) is 13.1. The van der Waals surface area contributed by atoms with E-state index in [1.807, 2.05) is 54.6 Å². The smallest absolute Gasteiger partial charge is 0.217 e. The van der Waals surface area contributed by atoms with Crippen LogP contribution in [0.15, 0.2) is 54.6 Å². The Bertz CT molecular complexity index is 584. The number of para-hydroxylation sites is 1. The van der Waals surface area contributed by atoms with Crippen molar-refractivity contribution in [2.45, 2.75) is 12.8 Å². The number of carbonyl (C=O) groups excluding carboxylic acids is 1. The summed E-state index contributed by atoms with van der Waals surface area (Å²) in [6, 6.07) is 17.9. The maximum Gasteiger partial charge on any atom is 0.217 e. The number of methoxy groups -OCH3 is 1. The molecule has 0 unspecified atom stereocenters. The molecule has 0 spiro atoms. The first-order valence-electron chi connectivity index (χ1n) is 6.95. The van der Waals surface area contributed by atoms with E-state index in [-0.39, 0.29) is 5.91 Å². The molecule has 1 amide bonds. The molecule has 0 bridgehead atoms. The molecule has 2 N–H and O–H groups in total. The molecule has 110 valence electrons. The van der Waals surface area contributed by atoms with E-state index in [0.29, 0.717) is 12.8 Å². The minimum Gasteiger partial charge on any atom is -0.497 e. The van der Waals surface area contributed by atoms with Gasteiger partial charge in [-0.05, 0) is 30.7 Å². The van der Waals surface area contributed by atoms with Gasteiger partial charge in [-0.15, -0.1) is 0 Å². The summed E-state index contributed by atoms with van der Waals surface area (Å²) < 4.78 is 5.28. The topological polar surface area (TPSA) is 55.6 Å². The van der Waals surface area contributed by atoms with Crippen molar-refractivity contribution in [2.24, 2.45) is 5.73 Å². The summed E-state index contributed by atoms with van der Waals surface area (Å²) >= 11 is 0. The monoisotopic (exact) mass is 284 g/mol. The lowest BCUT2D eigenvalue weighted by atomic mass is 10.2. The quantitative estimate of drug-likeness (QED) is 0.850. The number of benzene rings is 2. The van der Waals surface area contributed by atoms with Gasteiger partial charge < -0.3 is 15.4 Å². The summed E-state index contributed by atoms with van der Waals surface area (Å²) in [5, 5.41) is 0. The van der Waals surface area contributed by atoms with Crippen molar-refractivity contribution in [3.8, 4) is 5.75 Å². The van der Waals surface area contributed by atoms with Gasteiger partial charge in [0.05, 0.1) is 7.11 Å². The van der Waals surface area contributed by atoms with Crippen LogP contribution in [-0.2, 0) is 4.79 Å². The van der Waals surface area contributed by atoms with Gasteiger partial charge in [-0.1, -0.05) is 24.3 Å². The summed E-state index contributed by atoms with van der Waals surface area (Å²) in [6.45, 7) is 0.722.